The van der Waals surface area contributed by atoms with Crippen molar-refractivity contribution in [3.8, 4) is 5.75 Å². The molecule has 0 fully saturated rings. The number of aromatic nitrogens is 1. The lowest BCUT2D eigenvalue weighted by Gasteiger charge is -2.06. The Morgan fingerprint density at radius 1 is 1.53 bits per heavy atom. The maximum atomic E-state index is 12.1. The summed E-state index contributed by atoms with van der Waals surface area (Å²) >= 11 is 0. The molecule has 1 aromatic heterocycles. The molecule has 0 aliphatic heterocycles. The smallest absolute Gasteiger partial charge is 0.320 e. The maximum absolute atomic E-state index is 12.1. The van der Waals surface area contributed by atoms with E-state index in [1.807, 2.05) is 0 Å². The van der Waals surface area contributed by atoms with Crippen LogP contribution in [0.3, 0.4) is 0 Å². The van der Waals surface area contributed by atoms with Crippen molar-refractivity contribution >= 4 is 16.9 Å². The molecule has 0 amide bonds. The van der Waals surface area contributed by atoms with Crippen LogP contribution in [0.15, 0.2) is 24.4 Å². The minimum absolute atomic E-state index is 0.0000966. The Morgan fingerprint density at radius 2 is 2.32 bits per heavy atom. The minimum atomic E-state index is -1.04. The van der Waals surface area contributed by atoms with Crippen LogP contribution >= 0.6 is 0 Å². The summed E-state index contributed by atoms with van der Waals surface area (Å²) in [5.41, 5.74) is 7.19. The van der Waals surface area contributed by atoms with Gasteiger partial charge in [-0.25, -0.2) is 4.39 Å². The number of nitrogens with two attached hydrogens (primary N) is 1. The van der Waals surface area contributed by atoms with Crippen molar-refractivity contribution in [1.82, 2.24) is 4.98 Å². The molecule has 4 N–H and O–H groups in total. The van der Waals surface area contributed by atoms with Gasteiger partial charge in [0, 0.05) is 23.5 Å². The van der Waals surface area contributed by atoms with Crippen LogP contribution in [-0.4, -0.2) is 35.4 Å². The first kappa shape index (κ1) is 13.4. The summed E-state index contributed by atoms with van der Waals surface area (Å²) in [4.78, 5) is 13.8. The van der Waals surface area contributed by atoms with Gasteiger partial charge in [-0.3, -0.25) is 4.79 Å². The van der Waals surface area contributed by atoms with Gasteiger partial charge in [-0.05, 0) is 23.8 Å². The Morgan fingerprint density at radius 3 is 3.00 bits per heavy atom. The van der Waals surface area contributed by atoms with Gasteiger partial charge in [0.1, 0.15) is 25.1 Å². The maximum Gasteiger partial charge on any atom is 0.320 e. The second-order valence-corrected chi connectivity index (χ2v) is 4.21. The molecule has 0 aliphatic carbocycles. The first-order chi connectivity index (χ1) is 9.11. The normalized spacial score (nSPS) is 12.5. The summed E-state index contributed by atoms with van der Waals surface area (Å²) in [5, 5.41) is 9.66. The monoisotopic (exact) mass is 265 g/mol. The lowest BCUT2D eigenvalue weighted by molar-refractivity contribution is -0.138. The average Bonchev–Trinajstić information content (AvgIpc) is 2.79. The van der Waals surface area contributed by atoms with Gasteiger partial charge in [0.2, 0.25) is 0 Å². The number of halogens is 1. The summed E-state index contributed by atoms with van der Waals surface area (Å²) in [6.45, 7) is -0.554. The molecule has 1 heterocycles. The van der Waals surface area contributed by atoms with Crippen LogP contribution in [0.2, 0.25) is 0 Å². The average molecular weight is 265 g/mol. The number of rotatable bonds is 6. The van der Waals surface area contributed by atoms with Gasteiger partial charge in [-0.15, -0.1) is 0 Å². The van der Waals surface area contributed by atoms with E-state index in [-0.39, 0.29) is 13.0 Å². The molecule has 2 rings (SSSR count). The van der Waals surface area contributed by atoms with Crippen LogP contribution in [0.5, 0.6) is 5.75 Å². The largest absolute Gasteiger partial charge is 0.491 e. The van der Waals surface area contributed by atoms with Crippen molar-refractivity contribution in [2.24, 2.45) is 5.73 Å². The van der Waals surface area contributed by atoms with Gasteiger partial charge >= 0.3 is 5.97 Å². The zero-order valence-electron chi connectivity index (χ0n) is 10.2. The van der Waals surface area contributed by atoms with Crippen LogP contribution in [0.25, 0.3) is 10.9 Å². The van der Waals surface area contributed by atoms with Gasteiger partial charge in [0.25, 0.3) is 0 Å². The SMILES string of the molecule is N[C@@H](Cc1c[nH]c2ccc(OCC[18F])cc12)C(=O)O. The highest BCUT2D eigenvalue weighted by Crippen LogP contribution is 2.24. The number of alkyl halides is 1. The quantitative estimate of drug-likeness (QED) is 0.738. The van der Waals surface area contributed by atoms with Gasteiger partial charge in [-0.2, -0.15) is 0 Å². The summed E-state index contributed by atoms with van der Waals surface area (Å²) in [5.74, 6) is -0.492. The first-order valence-corrected chi connectivity index (χ1v) is 5.89. The van der Waals surface area contributed by atoms with E-state index in [0.717, 1.165) is 16.5 Å². The third kappa shape index (κ3) is 3.03. The predicted molar refractivity (Wildman–Crippen MR) is 69.1 cm³/mol. The Kier molecular flexibility index (Phi) is 4.01. The number of ether oxygens (including phenoxy) is 1. The van der Waals surface area contributed by atoms with E-state index in [9.17, 15) is 9.18 Å². The van der Waals surface area contributed by atoms with E-state index in [1.165, 1.54) is 0 Å². The number of benzene rings is 1. The second kappa shape index (κ2) is 5.71. The Labute approximate surface area is 109 Å². The standard InChI is InChI=1S/C13H15FN2O3/c14-3-4-19-9-1-2-12-10(6-9)8(7-16-12)5-11(15)13(17)18/h1-2,6-7,11,16H,3-5,15H2,(H,17,18)/t11-/m0/s1/i14-1. The first-order valence-electron chi connectivity index (χ1n) is 5.89. The summed E-state index contributed by atoms with van der Waals surface area (Å²) in [6.07, 6.45) is 1.95. The molecule has 1 atom stereocenters. The molecular formula is C13H15FN2O3. The molecule has 0 spiro atoms. The molecule has 0 bridgehead atoms. The molecule has 19 heavy (non-hydrogen) atoms. The number of fused-ring (bicyclic) bond motifs is 1. The predicted octanol–water partition coefficient (Wildman–Crippen LogP) is 1.47. The second-order valence-electron chi connectivity index (χ2n) is 4.21. The fraction of sp³-hybridized carbons (Fsp3) is 0.308. The van der Waals surface area contributed by atoms with Crippen molar-refractivity contribution in [2.45, 2.75) is 12.5 Å². The number of aromatic amines is 1. The van der Waals surface area contributed by atoms with Crippen LogP contribution in [0, 0.1) is 0 Å². The van der Waals surface area contributed by atoms with E-state index in [0.29, 0.717) is 5.75 Å². The number of nitrogens with one attached hydrogen (secondary N) is 1. The van der Waals surface area contributed by atoms with E-state index in [4.69, 9.17) is 15.6 Å². The lowest BCUT2D eigenvalue weighted by atomic mass is 10.1. The molecule has 0 saturated carbocycles. The lowest BCUT2D eigenvalue weighted by Crippen LogP contribution is -2.32. The highest BCUT2D eigenvalue weighted by molar-refractivity contribution is 5.85. The van der Waals surface area contributed by atoms with Gasteiger partial charge in [0.05, 0.1) is 0 Å². The van der Waals surface area contributed by atoms with Crippen molar-refractivity contribution < 1.29 is 19.0 Å². The number of carboxylic acid groups (broad SMARTS) is 1. The van der Waals surface area contributed by atoms with Crippen LogP contribution in [0.4, 0.5) is 4.39 Å². The molecule has 0 saturated heterocycles. The van der Waals surface area contributed by atoms with E-state index in [2.05, 4.69) is 4.98 Å². The van der Waals surface area contributed by atoms with Gasteiger partial charge in [0.15, 0.2) is 0 Å². The van der Waals surface area contributed by atoms with Crippen molar-refractivity contribution in [3.05, 3.63) is 30.0 Å². The molecule has 6 heteroatoms. The third-order valence-corrected chi connectivity index (χ3v) is 2.84. The fourth-order valence-corrected chi connectivity index (χ4v) is 1.90. The Balaban J connectivity index is 2.26. The number of H-pyrrole nitrogens is 1. The Hall–Kier alpha value is -2.08. The zero-order valence-corrected chi connectivity index (χ0v) is 10.2. The van der Waals surface area contributed by atoms with Gasteiger partial charge in [-0.1, -0.05) is 0 Å². The van der Waals surface area contributed by atoms with Crippen molar-refractivity contribution in [1.29, 1.82) is 0 Å². The summed E-state index contributed by atoms with van der Waals surface area (Å²) < 4.78 is 17.3. The Bertz CT molecular complexity index is 582. The molecule has 0 unspecified atom stereocenters. The molecule has 0 aliphatic rings. The topological polar surface area (TPSA) is 88.3 Å². The highest BCUT2D eigenvalue weighted by atomic mass is 18.2. The molecule has 5 nitrogen and oxygen atoms in total. The molecule has 102 valence electrons. The molecule has 0 radical (unpaired) electrons. The molecule has 2 aromatic rings. The minimum Gasteiger partial charge on any atom is -0.491 e. The summed E-state index contributed by atoms with van der Waals surface area (Å²) in [6, 6.07) is 4.34. The zero-order chi connectivity index (χ0) is 13.8. The third-order valence-electron chi connectivity index (χ3n) is 2.84. The number of hydrogen-bond acceptors (Lipinski definition) is 3. The number of carboxylic acids is 1. The summed E-state index contributed by atoms with van der Waals surface area (Å²) in [7, 11) is 0. The van der Waals surface area contributed by atoms with Crippen LogP contribution in [0.1, 0.15) is 5.56 Å². The van der Waals surface area contributed by atoms with Crippen LogP contribution < -0.4 is 10.5 Å². The number of hydrogen-bond donors (Lipinski definition) is 3. The van der Waals surface area contributed by atoms with Gasteiger partial charge < -0.3 is 20.6 Å². The van der Waals surface area contributed by atoms with E-state index < -0.39 is 18.7 Å². The number of aliphatic carboxylic acids is 1. The van der Waals surface area contributed by atoms with E-state index in [1.54, 1.807) is 24.4 Å². The fourth-order valence-electron chi connectivity index (χ4n) is 1.90. The van der Waals surface area contributed by atoms with Crippen molar-refractivity contribution in [2.75, 3.05) is 13.3 Å². The molecular weight excluding hydrogens is 250 g/mol. The molecule has 1 aromatic carbocycles. The van der Waals surface area contributed by atoms with Crippen LogP contribution in [-0.2, 0) is 11.2 Å². The highest BCUT2D eigenvalue weighted by Gasteiger charge is 2.15. The van der Waals surface area contributed by atoms with E-state index >= 15 is 0 Å². The number of carbonyl (C=O) groups is 1. The van der Waals surface area contributed by atoms with Crippen molar-refractivity contribution in [3.63, 3.8) is 0 Å².